The molecule has 0 saturated carbocycles. The van der Waals surface area contributed by atoms with Crippen molar-refractivity contribution in [2.24, 2.45) is 14.1 Å². The molecule has 38 heavy (non-hydrogen) atoms. The summed E-state index contributed by atoms with van der Waals surface area (Å²) in [5.41, 5.74) is 7.99. The van der Waals surface area contributed by atoms with Crippen LogP contribution < -0.4 is 4.90 Å². The van der Waals surface area contributed by atoms with Crippen LogP contribution in [0.5, 0.6) is 0 Å². The van der Waals surface area contributed by atoms with Gasteiger partial charge in [0.2, 0.25) is 0 Å². The predicted molar refractivity (Wildman–Crippen MR) is 148 cm³/mol. The molecule has 0 N–H and O–H groups in total. The topological polar surface area (TPSA) is 82.1 Å². The van der Waals surface area contributed by atoms with Crippen LogP contribution in [0.2, 0.25) is 0 Å². The summed E-state index contributed by atoms with van der Waals surface area (Å²) >= 11 is 0. The first-order chi connectivity index (χ1) is 18.4. The van der Waals surface area contributed by atoms with Gasteiger partial charge in [0.25, 0.3) is 0 Å². The van der Waals surface area contributed by atoms with Gasteiger partial charge in [-0.1, -0.05) is 23.8 Å². The molecule has 0 radical (unpaired) electrons. The monoisotopic (exact) mass is 511 g/mol. The Morgan fingerprint density at radius 1 is 1.00 bits per heavy atom. The number of pyridine rings is 1. The number of rotatable bonds is 6. The summed E-state index contributed by atoms with van der Waals surface area (Å²) in [5.74, 6) is 1.61. The quantitative estimate of drug-likeness (QED) is 0.345. The Morgan fingerprint density at radius 3 is 2.53 bits per heavy atom. The van der Waals surface area contributed by atoms with Crippen LogP contribution in [0, 0.1) is 6.92 Å². The maximum Gasteiger partial charge on any atom is 0.164 e. The molecule has 4 aromatic heterocycles. The zero-order valence-corrected chi connectivity index (χ0v) is 22.6. The molecule has 196 valence electrons. The zero-order chi connectivity index (χ0) is 26.4. The largest absolute Gasteiger partial charge is 0.378 e. The van der Waals surface area contributed by atoms with Gasteiger partial charge >= 0.3 is 0 Å². The number of anilines is 1. The molecule has 0 amide bonds. The van der Waals surface area contributed by atoms with Crippen molar-refractivity contribution in [1.82, 2.24) is 39.0 Å². The Hall–Kier alpha value is -4.02. The molecule has 0 bridgehead atoms. The second-order valence-corrected chi connectivity index (χ2v) is 10.2. The molecule has 10 heteroatoms. The predicted octanol–water partition coefficient (Wildman–Crippen LogP) is 3.43. The Labute approximate surface area is 222 Å². The van der Waals surface area contributed by atoms with Crippen LogP contribution in [0.4, 0.5) is 5.69 Å². The van der Waals surface area contributed by atoms with E-state index in [0.29, 0.717) is 13.2 Å². The second-order valence-electron chi connectivity index (χ2n) is 10.2. The Kier molecular flexibility index (Phi) is 6.21. The molecule has 0 spiro atoms. The van der Waals surface area contributed by atoms with Crippen LogP contribution in [0.25, 0.3) is 39.6 Å². The minimum atomic E-state index is 0.687. The van der Waals surface area contributed by atoms with Gasteiger partial charge in [-0.15, -0.1) is 0 Å². The molecule has 0 atom stereocenters. The number of morpholine rings is 1. The van der Waals surface area contributed by atoms with Crippen molar-refractivity contribution in [2.45, 2.75) is 13.5 Å². The number of hydrogen-bond donors (Lipinski definition) is 0. The molecule has 6 rings (SSSR count). The van der Waals surface area contributed by atoms with E-state index in [4.69, 9.17) is 19.8 Å². The summed E-state index contributed by atoms with van der Waals surface area (Å²) in [5, 5.41) is 9.43. The van der Waals surface area contributed by atoms with Crippen molar-refractivity contribution >= 4 is 16.9 Å². The highest BCUT2D eigenvalue weighted by molar-refractivity contribution is 5.90. The highest BCUT2D eigenvalue weighted by Crippen LogP contribution is 2.33. The van der Waals surface area contributed by atoms with Crippen LogP contribution in [-0.4, -0.2) is 79.4 Å². The minimum absolute atomic E-state index is 0.687. The van der Waals surface area contributed by atoms with Crippen LogP contribution in [0.1, 0.15) is 11.3 Å². The molecule has 0 unspecified atom stereocenters. The maximum atomic E-state index is 5.66. The smallest absolute Gasteiger partial charge is 0.164 e. The van der Waals surface area contributed by atoms with Gasteiger partial charge in [0, 0.05) is 51.6 Å². The summed E-state index contributed by atoms with van der Waals surface area (Å²) in [6.45, 7) is 5.82. The van der Waals surface area contributed by atoms with E-state index in [1.807, 2.05) is 31.2 Å². The van der Waals surface area contributed by atoms with Crippen molar-refractivity contribution in [3.05, 3.63) is 60.0 Å². The first-order valence-corrected chi connectivity index (χ1v) is 12.9. The molecule has 10 nitrogen and oxygen atoms in total. The number of nitrogens with zero attached hydrogens (tertiary/aromatic N) is 9. The van der Waals surface area contributed by atoms with Crippen molar-refractivity contribution in [3.8, 4) is 28.5 Å². The third-order valence-corrected chi connectivity index (χ3v) is 6.90. The fourth-order valence-electron chi connectivity index (χ4n) is 5.07. The van der Waals surface area contributed by atoms with Gasteiger partial charge in [-0.05, 0) is 33.2 Å². The van der Waals surface area contributed by atoms with Gasteiger partial charge in [-0.3, -0.25) is 4.68 Å². The Bertz CT molecular complexity index is 1600. The average molecular weight is 512 g/mol. The number of benzene rings is 1. The van der Waals surface area contributed by atoms with E-state index in [0.717, 1.165) is 70.6 Å². The number of aryl methyl sites for hydroxylation is 3. The lowest BCUT2D eigenvalue weighted by molar-refractivity contribution is 0.123. The highest BCUT2D eigenvalue weighted by atomic mass is 16.5. The number of ether oxygens (including phenoxy) is 1. The first kappa shape index (κ1) is 24.3. The Balaban J connectivity index is 1.56. The average Bonchev–Trinajstić information content (AvgIpc) is 3.61. The molecule has 1 aliphatic heterocycles. The molecule has 5 aromatic rings. The van der Waals surface area contributed by atoms with Crippen molar-refractivity contribution < 1.29 is 4.74 Å². The van der Waals surface area contributed by atoms with E-state index in [-0.39, 0.29) is 0 Å². The molecular formula is C28H33N9O. The number of imidazole rings is 1. The van der Waals surface area contributed by atoms with Crippen LogP contribution in [0.3, 0.4) is 0 Å². The maximum absolute atomic E-state index is 5.66. The normalized spacial score (nSPS) is 14.2. The lowest BCUT2D eigenvalue weighted by atomic mass is 10.1. The summed E-state index contributed by atoms with van der Waals surface area (Å²) < 4.78 is 11.5. The van der Waals surface area contributed by atoms with E-state index in [1.54, 1.807) is 4.68 Å². The first-order valence-electron chi connectivity index (χ1n) is 12.9. The summed E-state index contributed by atoms with van der Waals surface area (Å²) in [4.78, 5) is 14.7. The third kappa shape index (κ3) is 4.46. The molecule has 1 aliphatic rings. The van der Waals surface area contributed by atoms with E-state index in [9.17, 15) is 0 Å². The molecule has 1 fully saturated rings. The van der Waals surface area contributed by atoms with Gasteiger partial charge < -0.3 is 19.1 Å². The second kappa shape index (κ2) is 9.70. The molecule has 5 heterocycles. The fraction of sp³-hybridized carbons (Fsp3) is 0.357. The lowest BCUT2D eigenvalue weighted by Gasteiger charge is -2.29. The van der Waals surface area contributed by atoms with Crippen molar-refractivity contribution in [2.75, 3.05) is 45.3 Å². The van der Waals surface area contributed by atoms with Gasteiger partial charge in [0.05, 0.1) is 42.0 Å². The van der Waals surface area contributed by atoms with Gasteiger partial charge in [-0.2, -0.15) is 10.2 Å². The van der Waals surface area contributed by atoms with Crippen LogP contribution in [0.15, 0.2) is 48.8 Å². The van der Waals surface area contributed by atoms with E-state index in [1.165, 1.54) is 5.56 Å². The van der Waals surface area contributed by atoms with Crippen molar-refractivity contribution in [3.63, 3.8) is 0 Å². The minimum Gasteiger partial charge on any atom is -0.378 e. The van der Waals surface area contributed by atoms with Gasteiger partial charge in [0.1, 0.15) is 11.3 Å². The third-order valence-electron chi connectivity index (χ3n) is 6.90. The SMILES string of the molecule is Cc1cccc(-c2cc(CN(C)C)n(-c3cc(N4CCOCC4)c4nc(-c5cnn(C)c5)n(C)c4n3)n2)c1. The lowest BCUT2D eigenvalue weighted by Crippen LogP contribution is -2.36. The summed E-state index contributed by atoms with van der Waals surface area (Å²) in [6, 6.07) is 12.7. The van der Waals surface area contributed by atoms with Crippen LogP contribution in [-0.2, 0) is 25.4 Å². The summed E-state index contributed by atoms with van der Waals surface area (Å²) in [6.07, 6.45) is 3.82. The highest BCUT2D eigenvalue weighted by Gasteiger charge is 2.23. The molecule has 1 saturated heterocycles. The van der Waals surface area contributed by atoms with E-state index >= 15 is 0 Å². The molecule has 1 aromatic carbocycles. The molecular weight excluding hydrogens is 478 g/mol. The summed E-state index contributed by atoms with van der Waals surface area (Å²) in [7, 11) is 8.07. The van der Waals surface area contributed by atoms with Crippen molar-refractivity contribution in [1.29, 1.82) is 0 Å². The Morgan fingerprint density at radius 2 is 1.82 bits per heavy atom. The standard InChI is InChI=1S/C28H33N9O/c1-19-7-6-8-20(13-19)23-14-22(18-33(2)3)37(32-23)25-15-24(36-9-11-38-12-10-36)26-28(30-25)35(5)27(31-26)21-16-29-34(4)17-21/h6-8,13-17H,9-12,18H2,1-5H3. The van der Waals surface area contributed by atoms with Gasteiger partial charge in [0.15, 0.2) is 11.5 Å². The fourth-order valence-corrected chi connectivity index (χ4v) is 5.07. The van der Waals surface area contributed by atoms with Gasteiger partial charge in [-0.25, -0.2) is 14.6 Å². The zero-order valence-electron chi connectivity index (χ0n) is 22.6. The molecule has 0 aliphatic carbocycles. The van der Waals surface area contributed by atoms with E-state index in [2.05, 4.69) is 76.9 Å². The number of fused-ring (bicyclic) bond motifs is 1. The van der Waals surface area contributed by atoms with Crippen LogP contribution >= 0.6 is 0 Å². The number of aromatic nitrogens is 7. The number of hydrogen-bond acceptors (Lipinski definition) is 7. The van der Waals surface area contributed by atoms with E-state index < -0.39 is 0 Å².